The van der Waals surface area contributed by atoms with Gasteiger partial charge in [0.25, 0.3) is 0 Å². The van der Waals surface area contributed by atoms with Gasteiger partial charge in [-0.25, -0.2) is 13.7 Å². The molecule has 0 spiro atoms. The van der Waals surface area contributed by atoms with Crippen molar-refractivity contribution >= 4 is 10.4 Å². The Morgan fingerprint density at radius 1 is 1.13 bits per heavy atom. The number of hydrogen-bond donors (Lipinski definition) is 1. The van der Waals surface area contributed by atoms with Gasteiger partial charge in [0.05, 0.1) is 0 Å². The molecule has 0 aromatic rings. The van der Waals surface area contributed by atoms with Crippen LogP contribution in [0.1, 0.15) is 0 Å². The molecule has 0 saturated carbocycles. The summed E-state index contributed by atoms with van der Waals surface area (Å²) in [6.07, 6.45) is 0. The third-order valence-electron chi connectivity index (χ3n) is 1.09. The molecule has 9 heteroatoms. The standard InChI is InChI=1S/C6H16N2.Na.H2O5S/c1-7(2)5-6-8(3)4;;1-5-6(2,3)4/h5-6H2,1-4H3;;1H,(H,2,3,4)/q;+1;/p-1. The minimum Gasteiger partial charge on any atom is -0.724 e. The van der Waals surface area contributed by atoms with Crippen LogP contribution < -0.4 is 29.6 Å². The average molecular weight is 252 g/mol. The zero-order valence-electron chi connectivity index (χ0n) is 9.80. The Kier molecular flexibility index (Phi) is 15.8. The molecule has 0 radical (unpaired) electrons. The molecule has 0 unspecified atom stereocenters. The van der Waals surface area contributed by atoms with Gasteiger partial charge in [-0.05, 0) is 28.2 Å². The van der Waals surface area contributed by atoms with Crippen molar-refractivity contribution in [1.29, 1.82) is 0 Å². The fourth-order valence-corrected chi connectivity index (χ4v) is 0.400. The Bertz CT molecular complexity index is 212. The molecular weight excluding hydrogens is 235 g/mol. The second-order valence-electron chi connectivity index (χ2n) is 3.09. The first-order valence-electron chi connectivity index (χ1n) is 3.77. The van der Waals surface area contributed by atoms with E-state index in [1.165, 1.54) is 0 Å². The second-order valence-corrected chi connectivity index (χ2v) is 4.05. The summed E-state index contributed by atoms with van der Waals surface area (Å²) in [6.45, 7) is 2.29. The third kappa shape index (κ3) is 31.3. The van der Waals surface area contributed by atoms with Crippen molar-refractivity contribution in [3.63, 3.8) is 0 Å². The fourth-order valence-electron chi connectivity index (χ4n) is 0.400. The van der Waals surface area contributed by atoms with E-state index in [9.17, 15) is 0 Å². The fraction of sp³-hybridized carbons (Fsp3) is 1.00. The first-order chi connectivity index (χ1) is 6.19. The molecule has 0 atom stereocenters. The molecule has 88 valence electrons. The van der Waals surface area contributed by atoms with Gasteiger partial charge in [-0.1, -0.05) is 0 Å². The first kappa shape index (κ1) is 21.1. The molecule has 1 N–H and O–H groups in total. The molecule has 0 aromatic heterocycles. The van der Waals surface area contributed by atoms with Crippen molar-refractivity contribution in [2.75, 3.05) is 41.3 Å². The van der Waals surface area contributed by atoms with Crippen LogP contribution in [-0.2, 0) is 14.7 Å². The van der Waals surface area contributed by atoms with E-state index in [-0.39, 0.29) is 29.6 Å². The minimum absolute atomic E-state index is 0. The smallest absolute Gasteiger partial charge is 0.724 e. The molecular formula is C6H17N2NaO5S. The van der Waals surface area contributed by atoms with Crippen molar-refractivity contribution in [1.82, 2.24) is 9.80 Å². The zero-order chi connectivity index (χ0) is 11.8. The van der Waals surface area contributed by atoms with Gasteiger partial charge in [0.15, 0.2) is 0 Å². The normalized spacial score (nSPS) is 10.7. The maximum absolute atomic E-state index is 8.97. The Hall–Kier alpha value is 0.750. The molecule has 0 saturated heterocycles. The summed E-state index contributed by atoms with van der Waals surface area (Å²) in [7, 11) is 3.49. The number of likely N-dealkylation sites (N-methyl/N-ethyl adjacent to an activating group) is 2. The van der Waals surface area contributed by atoms with Crippen LogP contribution >= 0.6 is 0 Å². The van der Waals surface area contributed by atoms with Crippen LogP contribution in [0.2, 0.25) is 0 Å². The van der Waals surface area contributed by atoms with Gasteiger partial charge < -0.3 is 14.4 Å². The zero-order valence-corrected chi connectivity index (χ0v) is 12.6. The Balaban J connectivity index is -0.000000187. The summed E-state index contributed by atoms with van der Waals surface area (Å²) in [5.41, 5.74) is 0. The van der Waals surface area contributed by atoms with Gasteiger partial charge in [0, 0.05) is 13.1 Å². The first-order valence-corrected chi connectivity index (χ1v) is 5.10. The number of rotatable bonds is 4. The maximum Gasteiger partial charge on any atom is 1.00 e. The van der Waals surface area contributed by atoms with Gasteiger partial charge >= 0.3 is 29.6 Å². The van der Waals surface area contributed by atoms with Crippen LogP contribution in [0.25, 0.3) is 0 Å². The summed E-state index contributed by atoms with van der Waals surface area (Å²) < 4.78 is 29.3. The van der Waals surface area contributed by atoms with Crippen LogP contribution in [0, 0.1) is 0 Å². The number of hydrogen-bond acceptors (Lipinski definition) is 7. The molecule has 15 heavy (non-hydrogen) atoms. The second kappa shape index (κ2) is 11.2. The molecule has 0 aliphatic carbocycles. The van der Waals surface area contributed by atoms with Crippen LogP contribution in [0.4, 0.5) is 0 Å². The number of nitrogens with zero attached hydrogens (tertiary/aromatic N) is 2. The van der Waals surface area contributed by atoms with E-state index in [0.29, 0.717) is 0 Å². The summed E-state index contributed by atoms with van der Waals surface area (Å²) >= 11 is 0. The maximum atomic E-state index is 8.97. The van der Waals surface area contributed by atoms with Crippen molar-refractivity contribution in [2.45, 2.75) is 0 Å². The molecule has 0 amide bonds. The summed E-state index contributed by atoms with van der Waals surface area (Å²) in [6, 6.07) is 0. The van der Waals surface area contributed by atoms with E-state index in [4.69, 9.17) is 18.2 Å². The Morgan fingerprint density at radius 2 is 1.33 bits per heavy atom. The Labute approximate surface area is 113 Å². The van der Waals surface area contributed by atoms with Gasteiger partial charge in [0.1, 0.15) is 0 Å². The van der Waals surface area contributed by atoms with Crippen LogP contribution in [0.15, 0.2) is 0 Å². The molecule has 0 heterocycles. The molecule has 0 aromatic carbocycles. The van der Waals surface area contributed by atoms with Crippen molar-refractivity contribution in [3.05, 3.63) is 0 Å². The molecule has 0 rings (SSSR count). The van der Waals surface area contributed by atoms with Crippen molar-refractivity contribution < 1.29 is 52.1 Å². The minimum atomic E-state index is -4.86. The van der Waals surface area contributed by atoms with Crippen LogP contribution in [-0.4, -0.2) is 69.3 Å². The average Bonchev–Trinajstić information content (AvgIpc) is 2.01. The molecule has 0 aliphatic heterocycles. The summed E-state index contributed by atoms with van der Waals surface area (Å²) in [5, 5.41) is 7.00. The van der Waals surface area contributed by atoms with Crippen LogP contribution in [0.3, 0.4) is 0 Å². The molecule has 0 aliphatic rings. The summed E-state index contributed by atoms with van der Waals surface area (Å²) in [5.74, 6) is 0. The van der Waals surface area contributed by atoms with Crippen molar-refractivity contribution in [3.8, 4) is 0 Å². The van der Waals surface area contributed by atoms with E-state index < -0.39 is 10.4 Å². The molecule has 0 fully saturated rings. The summed E-state index contributed by atoms with van der Waals surface area (Å²) in [4.78, 5) is 4.36. The molecule has 7 nitrogen and oxygen atoms in total. The van der Waals surface area contributed by atoms with E-state index in [2.05, 4.69) is 42.3 Å². The largest absolute Gasteiger partial charge is 1.00 e. The van der Waals surface area contributed by atoms with Gasteiger partial charge in [-0.2, -0.15) is 0 Å². The Morgan fingerprint density at radius 3 is 1.40 bits per heavy atom. The topological polar surface area (TPSA) is 93.1 Å². The predicted octanol–water partition coefficient (Wildman–Crippen LogP) is -3.95. The third-order valence-corrected chi connectivity index (χ3v) is 1.27. The molecule has 0 bridgehead atoms. The SMILES string of the molecule is CN(C)CCN(C)C.O=S(=O)([O-])OO.[Na+]. The van der Waals surface area contributed by atoms with E-state index in [1.807, 2.05) is 0 Å². The van der Waals surface area contributed by atoms with Gasteiger partial charge in [-0.3, -0.25) is 0 Å². The predicted molar refractivity (Wildman–Crippen MR) is 50.5 cm³/mol. The quantitative estimate of drug-likeness (QED) is 0.179. The van der Waals surface area contributed by atoms with E-state index >= 15 is 0 Å². The van der Waals surface area contributed by atoms with E-state index in [0.717, 1.165) is 13.1 Å². The van der Waals surface area contributed by atoms with Gasteiger partial charge in [0.2, 0.25) is 10.4 Å². The van der Waals surface area contributed by atoms with Gasteiger partial charge in [-0.15, -0.1) is 4.33 Å². The van der Waals surface area contributed by atoms with Crippen molar-refractivity contribution in [2.24, 2.45) is 0 Å². The van der Waals surface area contributed by atoms with E-state index in [1.54, 1.807) is 0 Å². The monoisotopic (exact) mass is 252 g/mol. The van der Waals surface area contributed by atoms with Crippen LogP contribution in [0.5, 0.6) is 0 Å².